The van der Waals surface area contributed by atoms with Gasteiger partial charge in [0.15, 0.2) is 11.6 Å². The molecule has 0 fully saturated rings. The fraction of sp³-hybridized carbons (Fsp3) is 0.120. The first kappa shape index (κ1) is 18.7. The molecule has 0 N–H and O–H groups in total. The highest BCUT2D eigenvalue weighted by Gasteiger charge is 2.36. The van der Waals surface area contributed by atoms with Crippen LogP contribution in [-0.2, 0) is 4.74 Å². The molecule has 0 spiro atoms. The lowest BCUT2D eigenvalue weighted by Crippen LogP contribution is -2.07. The number of rotatable bonds is 3. The minimum absolute atomic E-state index is 0.204. The topological polar surface area (TPSA) is 46.6 Å². The van der Waals surface area contributed by atoms with Crippen molar-refractivity contribution in [2.24, 2.45) is 0 Å². The summed E-state index contributed by atoms with van der Waals surface area (Å²) in [6, 6.07) is 13.5. The van der Waals surface area contributed by atoms with E-state index in [9.17, 15) is 9.59 Å². The van der Waals surface area contributed by atoms with Gasteiger partial charge in [-0.25, -0.2) is 0 Å². The van der Waals surface area contributed by atoms with Gasteiger partial charge >= 0.3 is 0 Å². The van der Waals surface area contributed by atoms with Gasteiger partial charge in [-0.05, 0) is 54.0 Å². The van der Waals surface area contributed by atoms with E-state index in [0.717, 1.165) is 16.8 Å². The molecule has 0 bridgehead atoms. The van der Waals surface area contributed by atoms with Crippen LogP contribution in [0.1, 0.15) is 31.8 Å². The van der Waals surface area contributed by atoms with E-state index >= 15 is 0 Å². The van der Waals surface area contributed by atoms with Crippen LogP contribution in [0.3, 0.4) is 0 Å². The molecule has 4 nitrogen and oxygen atoms in total. The molecule has 1 heterocycles. The third kappa shape index (κ3) is 3.45. The van der Waals surface area contributed by atoms with E-state index < -0.39 is 0 Å². The number of carbonyl (C=O) groups excluding carboxylic acids is 2. The van der Waals surface area contributed by atoms with Gasteiger partial charge in [-0.2, -0.15) is 0 Å². The fourth-order valence-electron chi connectivity index (χ4n) is 3.51. The van der Waals surface area contributed by atoms with E-state index in [1.165, 1.54) is 6.26 Å². The quantitative estimate of drug-likeness (QED) is 0.560. The van der Waals surface area contributed by atoms with Crippen molar-refractivity contribution in [3.63, 3.8) is 0 Å². The highest BCUT2D eigenvalue weighted by Crippen LogP contribution is 2.32. The normalized spacial score (nSPS) is 18.1. The summed E-state index contributed by atoms with van der Waals surface area (Å²) in [5.74, 6) is 0.123. The molecule has 0 saturated carbocycles. The Morgan fingerprint density at radius 2 is 1.69 bits per heavy atom. The molecule has 4 rings (SSSR count). The molecule has 2 aromatic rings. The number of hydrogen-bond donors (Lipinski definition) is 0. The average Bonchev–Trinajstić information content (AvgIpc) is 2.98. The summed E-state index contributed by atoms with van der Waals surface area (Å²) in [6.07, 6.45) is 8.67. The second-order valence-electron chi connectivity index (χ2n) is 7.27. The Morgan fingerprint density at radius 1 is 0.931 bits per heavy atom. The van der Waals surface area contributed by atoms with Gasteiger partial charge in [0.2, 0.25) is 0 Å². The third-order valence-corrected chi connectivity index (χ3v) is 5.09. The van der Waals surface area contributed by atoms with Gasteiger partial charge in [0, 0.05) is 30.9 Å². The first-order valence-electron chi connectivity index (χ1n) is 9.39. The Kier molecular flexibility index (Phi) is 4.77. The van der Waals surface area contributed by atoms with E-state index in [-0.39, 0.29) is 17.1 Å². The standard InChI is InChI=1S/C25H21NO3/c1-16-5-4-6-21-22(16)25(28)23(24(21)27)18-13-14-29-20(15-18)12-9-17-7-10-19(11-8-17)26(2)3/h4-15H,1-3H3. The van der Waals surface area contributed by atoms with E-state index in [1.807, 2.05) is 68.4 Å². The first-order valence-corrected chi connectivity index (χ1v) is 9.39. The summed E-state index contributed by atoms with van der Waals surface area (Å²) in [6.45, 7) is 1.85. The summed E-state index contributed by atoms with van der Waals surface area (Å²) in [5.41, 5.74) is 4.73. The van der Waals surface area contributed by atoms with Crippen LogP contribution in [0, 0.1) is 6.92 Å². The number of aryl methyl sites for hydroxylation is 1. The van der Waals surface area contributed by atoms with Gasteiger partial charge in [0.25, 0.3) is 0 Å². The minimum atomic E-state index is -0.228. The zero-order chi connectivity index (χ0) is 20.5. The van der Waals surface area contributed by atoms with Crippen molar-refractivity contribution < 1.29 is 14.3 Å². The van der Waals surface area contributed by atoms with Crippen LogP contribution in [0.25, 0.3) is 6.08 Å². The number of anilines is 1. The summed E-state index contributed by atoms with van der Waals surface area (Å²) in [5, 5.41) is 0. The van der Waals surface area contributed by atoms with Gasteiger partial charge in [-0.1, -0.05) is 36.4 Å². The Labute approximate surface area is 170 Å². The van der Waals surface area contributed by atoms with Crippen LogP contribution < -0.4 is 4.90 Å². The van der Waals surface area contributed by atoms with Gasteiger partial charge in [-0.15, -0.1) is 0 Å². The summed E-state index contributed by atoms with van der Waals surface area (Å²) < 4.78 is 5.55. The summed E-state index contributed by atoms with van der Waals surface area (Å²) in [7, 11) is 4.00. The SMILES string of the molecule is Cc1cccc2c1C(=O)C(=C1C=COC(C=Cc3ccc(N(C)C)cc3)=C1)C2=O. The van der Waals surface area contributed by atoms with Crippen LogP contribution in [0.5, 0.6) is 0 Å². The van der Waals surface area contributed by atoms with Crippen molar-refractivity contribution in [2.45, 2.75) is 6.92 Å². The predicted molar refractivity (Wildman–Crippen MR) is 115 cm³/mol. The highest BCUT2D eigenvalue weighted by molar-refractivity contribution is 6.40. The zero-order valence-electron chi connectivity index (χ0n) is 16.6. The van der Waals surface area contributed by atoms with Crippen LogP contribution in [0.4, 0.5) is 5.69 Å². The number of ketones is 2. The van der Waals surface area contributed by atoms with E-state index in [1.54, 1.807) is 24.3 Å². The fourth-order valence-corrected chi connectivity index (χ4v) is 3.51. The first-order chi connectivity index (χ1) is 14.0. The van der Waals surface area contributed by atoms with Crippen molar-refractivity contribution in [3.05, 3.63) is 106 Å². The summed E-state index contributed by atoms with van der Waals surface area (Å²) in [4.78, 5) is 27.8. The monoisotopic (exact) mass is 383 g/mol. The van der Waals surface area contributed by atoms with Crippen LogP contribution in [0.2, 0.25) is 0 Å². The molecule has 1 aliphatic heterocycles. The van der Waals surface area contributed by atoms with Crippen molar-refractivity contribution in [1.82, 2.24) is 0 Å². The molecule has 2 aliphatic rings. The smallest absolute Gasteiger partial charge is 0.198 e. The Bertz CT molecular complexity index is 1130. The number of hydrogen-bond acceptors (Lipinski definition) is 4. The van der Waals surface area contributed by atoms with E-state index in [0.29, 0.717) is 22.5 Å². The Balaban J connectivity index is 1.64. The van der Waals surface area contributed by atoms with E-state index in [4.69, 9.17) is 4.74 Å². The molecule has 2 aromatic carbocycles. The Hall–Kier alpha value is -3.66. The second-order valence-corrected chi connectivity index (χ2v) is 7.27. The molecule has 0 saturated heterocycles. The molecule has 0 atom stereocenters. The molecule has 4 heteroatoms. The van der Waals surface area contributed by atoms with Crippen molar-refractivity contribution in [1.29, 1.82) is 0 Å². The average molecular weight is 383 g/mol. The Morgan fingerprint density at radius 3 is 2.38 bits per heavy atom. The third-order valence-electron chi connectivity index (χ3n) is 5.09. The summed E-state index contributed by atoms with van der Waals surface area (Å²) >= 11 is 0. The van der Waals surface area contributed by atoms with Gasteiger partial charge in [-0.3, -0.25) is 9.59 Å². The van der Waals surface area contributed by atoms with Crippen LogP contribution in [0.15, 0.2) is 83.9 Å². The van der Waals surface area contributed by atoms with E-state index in [2.05, 4.69) is 0 Å². The molecule has 0 unspecified atom stereocenters. The van der Waals surface area contributed by atoms with Crippen molar-refractivity contribution in [2.75, 3.05) is 19.0 Å². The maximum absolute atomic E-state index is 12.9. The van der Waals surface area contributed by atoms with Gasteiger partial charge < -0.3 is 9.64 Å². The maximum atomic E-state index is 12.9. The lowest BCUT2D eigenvalue weighted by atomic mass is 10.0. The second kappa shape index (κ2) is 7.40. The van der Waals surface area contributed by atoms with Gasteiger partial charge in [0.05, 0.1) is 11.8 Å². The van der Waals surface area contributed by atoms with Crippen LogP contribution in [-0.4, -0.2) is 25.7 Å². The predicted octanol–water partition coefficient (Wildman–Crippen LogP) is 4.88. The van der Waals surface area contributed by atoms with Crippen molar-refractivity contribution in [3.8, 4) is 0 Å². The number of nitrogens with zero attached hydrogens (tertiary/aromatic N) is 1. The minimum Gasteiger partial charge on any atom is -0.465 e. The molecule has 29 heavy (non-hydrogen) atoms. The number of Topliss-reactive ketones (excluding diaryl/α,β-unsaturated/α-hetero) is 2. The lowest BCUT2D eigenvalue weighted by molar-refractivity contribution is 0.0987. The molecule has 0 amide bonds. The molecule has 0 aromatic heterocycles. The number of allylic oxidation sites excluding steroid dienone is 5. The number of fused-ring (bicyclic) bond motifs is 1. The van der Waals surface area contributed by atoms with Crippen molar-refractivity contribution >= 4 is 23.3 Å². The highest BCUT2D eigenvalue weighted by atomic mass is 16.5. The number of ether oxygens (including phenoxy) is 1. The molecule has 0 radical (unpaired) electrons. The molecule has 144 valence electrons. The molecular weight excluding hydrogens is 362 g/mol. The number of carbonyl (C=O) groups is 2. The van der Waals surface area contributed by atoms with Crippen LogP contribution >= 0.6 is 0 Å². The maximum Gasteiger partial charge on any atom is 0.198 e. The largest absolute Gasteiger partial charge is 0.465 e. The lowest BCUT2D eigenvalue weighted by Gasteiger charge is -2.12. The molecule has 1 aliphatic carbocycles. The zero-order valence-corrected chi connectivity index (χ0v) is 16.6. The van der Waals surface area contributed by atoms with Gasteiger partial charge in [0.1, 0.15) is 5.76 Å². The number of benzene rings is 2. The molecular formula is C25H21NO3.